The highest BCUT2D eigenvalue weighted by molar-refractivity contribution is 7.13. The van der Waals surface area contributed by atoms with Crippen LogP contribution in [-0.2, 0) is 0 Å². The van der Waals surface area contributed by atoms with Gasteiger partial charge in [0.25, 0.3) is 0 Å². The molecule has 3 heteroatoms. The van der Waals surface area contributed by atoms with E-state index in [1.54, 1.807) is 22.7 Å². The zero-order valence-electron chi connectivity index (χ0n) is 8.51. The van der Waals surface area contributed by atoms with Gasteiger partial charge in [-0.25, -0.2) is 4.98 Å². The Morgan fingerprint density at radius 3 is 2.12 bits per heavy atom. The molecule has 0 spiro atoms. The Bertz CT molecular complexity index is 497. The Balaban J connectivity index is 1.97. The van der Waals surface area contributed by atoms with Gasteiger partial charge in [0.05, 0.1) is 10.4 Å². The summed E-state index contributed by atoms with van der Waals surface area (Å²) >= 11 is 3.51. The molecule has 3 heterocycles. The van der Waals surface area contributed by atoms with Crippen LogP contribution in [0, 0.1) is 0 Å². The first-order valence-corrected chi connectivity index (χ1v) is 6.79. The molecule has 1 nitrogen and oxygen atoms in total. The van der Waals surface area contributed by atoms with Gasteiger partial charge in [-0.3, -0.25) is 0 Å². The molecule has 0 radical (unpaired) electrons. The molecule has 0 amide bonds. The van der Waals surface area contributed by atoms with Crippen molar-refractivity contribution in [3.63, 3.8) is 0 Å². The summed E-state index contributed by atoms with van der Waals surface area (Å²) in [6.07, 6.45) is 2.07. The van der Waals surface area contributed by atoms with Gasteiger partial charge in [0.15, 0.2) is 6.20 Å². The van der Waals surface area contributed by atoms with E-state index in [0.29, 0.717) is 0 Å². The van der Waals surface area contributed by atoms with Crippen LogP contribution < -0.4 is 4.98 Å². The zero-order valence-corrected chi connectivity index (χ0v) is 10.1. The maximum absolute atomic E-state index is 3.34. The third kappa shape index (κ3) is 1.79. The molecule has 0 saturated heterocycles. The van der Waals surface area contributed by atoms with E-state index in [0.717, 1.165) is 0 Å². The first-order valence-electron chi connectivity index (χ1n) is 5.03. The number of hydrogen-bond donors (Lipinski definition) is 0. The van der Waals surface area contributed by atoms with Gasteiger partial charge < -0.3 is 0 Å². The summed E-state index contributed by atoms with van der Waals surface area (Å²) in [4.78, 5) is 5.92. The van der Waals surface area contributed by atoms with E-state index in [2.05, 4.69) is 58.3 Å². The van der Waals surface area contributed by atoms with Crippen LogP contribution >= 0.6 is 22.7 Å². The van der Waals surface area contributed by atoms with Gasteiger partial charge in [-0.15, -0.1) is 22.7 Å². The van der Waals surface area contributed by atoms with Crippen LogP contribution in [0.4, 0.5) is 0 Å². The lowest BCUT2D eigenvalue weighted by Gasteiger charge is -1.94. The average Bonchev–Trinajstić information content (AvgIpc) is 3.03. The van der Waals surface area contributed by atoms with Crippen molar-refractivity contribution in [2.75, 3.05) is 0 Å². The summed E-state index contributed by atoms with van der Waals surface area (Å²) in [5.41, 5.74) is 2.42. The predicted molar refractivity (Wildman–Crippen MR) is 69.6 cm³/mol. The highest BCUT2D eigenvalue weighted by Crippen LogP contribution is 2.25. The van der Waals surface area contributed by atoms with Crippen molar-refractivity contribution in [3.8, 4) is 21.0 Å². The largest absolute Gasteiger partial charge is 0.220 e. The molecule has 0 unspecified atom stereocenters. The van der Waals surface area contributed by atoms with Crippen molar-refractivity contribution in [1.82, 2.24) is 0 Å². The Morgan fingerprint density at radius 1 is 0.812 bits per heavy atom. The Morgan fingerprint density at radius 2 is 1.56 bits per heavy atom. The number of H-pyrrole nitrogens is 1. The maximum Gasteiger partial charge on any atom is 0.220 e. The standard InChI is InChI=1S/C13H9NS2/c1-3-12(15-7-1)10-5-6-11(14-9-10)13-4-2-8-16-13/h1-9H/p+1. The second kappa shape index (κ2) is 4.20. The molecule has 0 bridgehead atoms. The first kappa shape index (κ1) is 9.75. The number of nitrogens with one attached hydrogen (secondary N) is 1. The van der Waals surface area contributed by atoms with Crippen molar-refractivity contribution < 1.29 is 4.98 Å². The normalized spacial score (nSPS) is 10.5. The van der Waals surface area contributed by atoms with Gasteiger partial charge >= 0.3 is 0 Å². The zero-order chi connectivity index (χ0) is 10.8. The molecule has 3 rings (SSSR count). The van der Waals surface area contributed by atoms with Gasteiger partial charge in [-0.2, -0.15) is 0 Å². The topological polar surface area (TPSA) is 14.1 Å². The Kier molecular flexibility index (Phi) is 2.56. The van der Waals surface area contributed by atoms with E-state index >= 15 is 0 Å². The first-order chi connectivity index (χ1) is 7.93. The molecule has 1 N–H and O–H groups in total. The van der Waals surface area contributed by atoms with Gasteiger partial charge in [0, 0.05) is 10.9 Å². The van der Waals surface area contributed by atoms with Crippen LogP contribution in [0.3, 0.4) is 0 Å². The second-order valence-electron chi connectivity index (χ2n) is 3.45. The molecule has 0 fully saturated rings. The molecule has 0 aliphatic heterocycles. The average molecular weight is 244 g/mol. The maximum atomic E-state index is 3.34. The summed E-state index contributed by atoms with van der Waals surface area (Å²) in [7, 11) is 0. The van der Waals surface area contributed by atoms with Gasteiger partial charge in [-0.05, 0) is 29.0 Å². The highest BCUT2D eigenvalue weighted by Gasteiger charge is 2.07. The summed E-state index contributed by atoms with van der Waals surface area (Å²) in [6.45, 7) is 0. The van der Waals surface area contributed by atoms with E-state index in [9.17, 15) is 0 Å². The molecule has 0 aromatic carbocycles. The minimum atomic E-state index is 1.18. The van der Waals surface area contributed by atoms with Crippen molar-refractivity contribution in [2.24, 2.45) is 0 Å². The molecular formula is C13H10NS2+. The Labute approximate surface area is 102 Å². The van der Waals surface area contributed by atoms with Crippen LogP contribution in [0.15, 0.2) is 53.4 Å². The fraction of sp³-hybridized carbons (Fsp3) is 0. The minimum Gasteiger partial charge on any atom is -0.210 e. The molecule has 0 aliphatic rings. The van der Waals surface area contributed by atoms with Crippen molar-refractivity contribution in [2.45, 2.75) is 0 Å². The predicted octanol–water partition coefficient (Wildman–Crippen LogP) is 3.96. The van der Waals surface area contributed by atoms with E-state index in [4.69, 9.17) is 0 Å². The van der Waals surface area contributed by atoms with Crippen LogP contribution in [0.5, 0.6) is 0 Å². The molecule has 0 aliphatic carbocycles. The number of hydrogen-bond acceptors (Lipinski definition) is 2. The lowest BCUT2D eigenvalue weighted by molar-refractivity contribution is -0.363. The van der Waals surface area contributed by atoms with E-state index in [1.165, 1.54) is 21.0 Å². The van der Waals surface area contributed by atoms with Crippen LogP contribution in [0.2, 0.25) is 0 Å². The van der Waals surface area contributed by atoms with Crippen molar-refractivity contribution in [1.29, 1.82) is 0 Å². The minimum absolute atomic E-state index is 1.18. The van der Waals surface area contributed by atoms with E-state index < -0.39 is 0 Å². The summed E-state index contributed by atoms with van der Waals surface area (Å²) < 4.78 is 0. The fourth-order valence-corrected chi connectivity index (χ4v) is 3.04. The third-order valence-electron chi connectivity index (χ3n) is 2.41. The van der Waals surface area contributed by atoms with Crippen LogP contribution in [0.25, 0.3) is 21.0 Å². The quantitative estimate of drug-likeness (QED) is 0.648. The molecule has 16 heavy (non-hydrogen) atoms. The third-order valence-corrected chi connectivity index (χ3v) is 4.23. The van der Waals surface area contributed by atoms with Gasteiger partial charge in [-0.1, -0.05) is 12.1 Å². The second-order valence-corrected chi connectivity index (χ2v) is 5.34. The lowest BCUT2D eigenvalue weighted by atomic mass is 10.2. The Hall–Kier alpha value is -1.45. The number of rotatable bonds is 2. The summed E-state index contributed by atoms with van der Waals surface area (Å²) in [6, 6.07) is 12.7. The van der Waals surface area contributed by atoms with Crippen LogP contribution in [-0.4, -0.2) is 0 Å². The van der Waals surface area contributed by atoms with Crippen molar-refractivity contribution in [3.05, 3.63) is 53.4 Å². The molecule has 0 atom stereocenters. The molecule has 78 valence electrons. The smallest absolute Gasteiger partial charge is 0.210 e. The monoisotopic (exact) mass is 244 g/mol. The molecular weight excluding hydrogens is 234 g/mol. The fourth-order valence-electron chi connectivity index (χ4n) is 1.61. The summed E-state index contributed by atoms with van der Waals surface area (Å²) in [5.74, 6) is 0. The van der Waals surface area contributed by atoms with E-state index in [-0.39, 0.29) is 0 Å². The highest BCUT2D eigenvalue weighted by atomic mass is 32.1. The molecule has 0 saturated carbocycles. The number of pyridine rings is 1. The summed E-state index contributed by atoms with van der Waals surface area (Å²) in [5, 5.41) is 4.19. The number of aromatic nitrogens is 1. The molecule has 3 aromatic heterocycles. The number of thiophene rings is 2. The number of aromatic amines is 1. The van der Waals surface area contributed by atoms with E-state index in [1.807, 2.05) is 0 Å². The van der Waals surface area contributed by atoms with Gasteiger partial charge in [0.1, 0.15) is 0 Å². The molecule has 3 aromatic rings. The van der Waals surface area contributed by atoms with Gasteiger partial charge in [0.2, 0.25) is 5.69 Å². The lowest BCUT2D eigenvalue weighted by Crippen LogP contribution is -2.04. The SMILES string of the molecule is c1csc(-c2ccc(-c3cccs3)[nH+]c2)c1. The van der Waals surface area contributed by atoms with Crippen LogP contribution in [0.1, 0.15) is 0 Å². The van der Waals surface area contributed by atoms with Crippen molar-refractivity contribution >= 4 is 22.7 Å².